The van der Waals surface area contributed by atoms with E-state index >= 15 is 0 Å². The molecule has 0 amide bonds. The molecule has 4 atom stereocenters. The Labute approximate surface area is 189 Å². The summed E-state index contributed by atoms with van der Waals surface area (Å²) in [6.07, 6.45) is 0.0843. The molecule has 1 aromatic carbocycles. The number of aliphatic hydroxyl groups is 2. The third-order valence-corrected chi connectivity index (χ3v) is 7.23. The van der Waals surface area contributed by atoms with Gasteiger partial charge in [-0.3, -0.25) is 0 Å². The molecule has 32 heavy (non-hydrogen) atoms. The highest BCUT2D eigenvalue weighted by Gasteiger charge is 2.49. The fourth-order valence-electron chi connectivity index (χ4n) is 5.47. The van der Waals surface area contributed by atoms with E-state index in [1.807, 2.05) is 0 Å². The summed E-state index contributed by atoms with van der Waals surface area (Å²) in [6, 6.07) is 8.66. The molecule has 2 saturated heterocycles. The zero-order valence-electron chi connectivity index (χ0n) is 17.6. The summed E-state index contributed by atoms with van der Waals surface area (Å²) >= 11 is 6.30. The minimum Gasteiger partial charge on any atom is -0.387 e. The molecule has 6 rings (SSSR count). The maximum atomic E-state index is 10.5. The Morgan fingerprint density at radius 2 is 2.03 bits per heavy atom. The largest absolute Gasteiger partial charge is 0.387 e. The highest BCUT2D eigenvalue weighted by Crippen LogP contribution is 2.47. The topological polar surface area (TPSA) is 106 Å². The maximum Gasteiger partial charge on any atom is 0.226 e. The maximum absolute atomic E-state index is 10.5. The number of anilines is 1. The lowest BCUT2D eigenvalue weighted by molar-refractivity contribution is -0.0629. The SMILES string of the molecule is COC[C@H]1O[C@@H](n2ncc3c(N4CC5(CCc6ccccc65)C4)nc(Cl)nc32)[C@H](O)[C@@H]1O. The van der Waals surface area contributed by atoms with Crippen molar-refractivity contribution in [1.82, 2.24) is 19.7 Å². The molecule has 3 aliphatic rings. The number of ether oxygens (including phenoxy) is 2. The normalized spacial score (nSPS) is 28.4. The minimum atomic E-state index is -1.17. The quantitative estimate of drug-likeness (QED) is 0.567. The first-order chi connectivity index (χ1) is 15.5. The highest BCUT2D eigenvalue weighted by atomic mass is 35.5. The highest BCUT2D eigenvalue weighted by molar-refractivity contribution is 6.28. The van der Waals surface area contributed by atoms with Crippen LogP contribution in [0, 0.1) is 0 Å². The summed E-state index contributed by atoms with van der Waals surface area (Å²) in [6.45, 7) is 1.87. The second kappa shape index (κ2) is 7.36. The van der Waals surface area contributed by atoms with Crippen LogP contribution < -0.4 is 4.90 Å². The van der Waals surface area contributed by atoms with E-state index in [1.165, 1.54) is 22.9 Å². The van der Waals surface area contributed by atoms with Gasteiger partial charge in [0.15, 0.2) is 11.9 Å². The number of halogens is 1. The Kier molecular flexibility index (Phi) is 4.67. The van der Waals surface area contributed by atoms with Crippen molar-refractivity contribution in [2.24, 2.45) is 0 Å². The third kappa shape index (κ3) is 2.89. The lowest BCUT2D eigenvalue weighted by atomic mass is 9.75. The van der Waals surface area contributed by atoms with Gasteiger partial charge in [-0.2, -0.15) is 15.1 Å². The number of hydrogen-bond acceptors (Lipinski definition) is 8. The predicted octanol–water partition coefficient (Wildman–Crippen LogP) is 1.45. The average molecular weight is 458 g/mol. The van der Waals surface area contributed by atoms with E-state index in [2.05, 4.69) is 44.2 Å². The van der Waals surface area contributed by atoms with Crippen LogP contribution in [0.5, 0.6) is 0 Å². The molecule has 4 heterocycles. The van der Waals surface area contributed by atoms with Crippen LogP contribution in [0.15, 0.2) is 30.5 Å². The molecule has 3 aromatic rings. The van der Waals surface area contributed by atoms with E-state index in [9.17, 15) is 10.2 Å². The summed E-state index contributed by atoms with van der Waals surface area (Å²) in [4.78, 5) is 11.1. The van der Waals surface area contributed by atoms with Crippen molar-refractivity contribution in [3.63, 3.8) is 0 Å². The molecule has 1 aliphatic carbocycles. The van der Waals surface area contributed by atoms with Gasteiger partial charge in [-0.25, -0.2) is 4.68 Å². The summed E-state index contributed by atoms with van der Waals surface area (Å²) in [5.41, 5.74) is 3.48. The molecule has 2 aromatic heterocycles. The number of nitrogens with zero attached hydrogens (tertiary/aromatic N) is 5. The number of aliphatic hydroxyl groups excluding tert-OH is 2. The molecule has 0 unspecified atom stereocenters. The number of rotatable bonds is 4. The third-order valence-electron chi connectivity index (χ3n) is 7.06. The predicted molar refractivity (Wildman–Crippen MR) is 117 cm³/mol. The lowest BCUT2D eigenvalue weighted by Crippen LogP contribution is -2.58. The van der Waals surface area contributed by atoms with Gasteiger partial charge in [0.2, 0.25) is 5.28 Å². The Bertz CT molecular complexity index is 1180. The van der Waals surface area contributed by atoms with Crippen LogP contribution in [0.1, 0.15) is 23.8 Å². The van der Waals surface area contributed by atoms with E-state index in [0.29, 0.717) is 5.65 Å². The number of benzene rings is 1. The van der Waals surface area contributed by atoms with Gasteiger partial charge >= 0.3 is 0 Å². The molecule has 2 aliphatic heterocycles. The van der Waals surface area contributed by atoms with Gasteiger partial charge < -0.3 is 24.6 Å². The summed E-state index contributed by atoms with van der Waals surface area (Å²) in [7, 11) is 1.51. The van der Waals surface area contributed by atoms with Crippen LogP contribution in [0.2, 0.25) is 5.28 Å². The number of aryl methyl sites for hydroxylation is 1. The first-order valence-electron chi connectivity index (χ1n) is 10.8. The van der Waals surface area contributed by atoms with Crippen LogP contribution in [0.4, 0.5) is 5.82 Å². The lowest BCUT2D eigenvalue weighted by Gasteiger charge is -2.49. The zero-order chi connectivity index (χ0) is 22.0. The minimum absolute atomic E-state index is 0.100. The molecule has 0 bridgehead atoms. The number of fused-ring (bicyclic) bond motifs is 3. The smallest absolute Gasteiger partial charge is 0.226 e. The van der Waals surface area contributed by atoms with Gasteiger partial charge in [0.05, 0.1) is 18.2 Å². The van der Waals surface area contributed by atoms with Gasteiger partial charge in [-0.1, -0.05) is 24.3 Å². The van der Waals surface area contributed by atoms with E-state index in [1.54, 1.807) is 6.20 Å². The molecule has 0 radical (unpaired) electrons. The van der Waals surface area contributed by atoms with E-state index in [-0.39, 0.29) is 17.3 Å². The Hall–Kier alpha value is -2.30. The van der Waals surface area contributed by atoms with Crippen molar-refractivity contribution >= 4 is 28.5 Å². The summed E-state index contributed by atoms with van der Waals surface area (Å²) in [5.74, 6) is 0.725. The Balaban J connectivity index is 1.32. The Morgan fingerprint density at radius 1 is 1.22 bits per heavy atom. The fourth-order valence-corrected chi connectivity index (χ4v) is 5.63. The number of hydrogen-bond donors (Lipinski definition) is 2. The second-order valence-corrected chi connectivity index (χ2v) is 9.28. The summed E-state index contributed by atoms with van der Waals surface area (Å²) in [5, 5.41) is 26.1. The second-order valence-electron chi connectivity index (χ2n) is 8.94. The van der Waals surface area contributed by atoms with Crippen LogP contribution in [-0.2, 0) is 21.3 Å². The van der Waals surface area contributed by atoms with Crippen molar-refractivity contribution in [1.29, 1.82) is 0 Å². The van der Waals surface area contributed by atoms with Gasteiger partial charge in [0.25, 0.3) is 0 Å². The standard InChI is InChI=1S/C22H24ClN5O4/c1-31-9-15-16(29)17(30)20(32-15)28-19-13(8-24-28)18(25-21(23)26-19)27-10-22(11-27)7-6-12-4-2-3-5-14(12)22/h2-5,8,15-17,20,29-30H,6-7,9-11H2,1H3/t15-,16-,17-,20-/m1/s1. The first kappa shape index (κ1) is 20.3. The van der Waals surface area contributed by atoms with Gasteiger partial charge in [-0.15, -0.1) is 0 Å². The molecular formula is C22H24ClN5O4. The Morgan fingerprint density at radius 3 is 2.84 bits per heavy atom. The van der Waals surface area contributed by atoms with Crippen molar-refractivity contribution in [2.45, 2.75) is 42.8 Å². The number of methoxy groups -OCH3 is 1. The van der Waals surface area contributed by atoms with Gasteiger partial charge in [-0.05, 0) is 35.6 Å². The van der Waals surface area contributed by atoms with Crippen molar-refractivity contribution in [2.75, 3.05) is 31.7 Å². The van der Waals surface area contributed by atoms with Crippen LogP contribution >= 0.6 is 11.6 Å². The van der Waals surface area contributed by atoms with Crippen molar-refractivity contribution < 1.29 is 19.7 Å². The van der Waals surface area contributed by atoms with E-state index in [4.69, 9.17) is 21.1 Å². The van der Waals surface area contributed by atoms with E-state index < -0.39 is 24.5 Å². The van der Waals surface area contributed by atoms with Crippen LogP contribution in [-0.4, -0.2) is 75.1 Å². The molecule has 0 saturated carbocycles. The van der Waals surface area contributed by atoms with E-state index in [0.717, 1.165) is 37.1 Å². The molecule has 168 valence electrons. The monoisotopic (exact) mass is 457 g/mol. The molecule has 2 fully saturated rings. The first-order valence-corrected chi connectivity index (χ1v) is 11.1. The fraction of sp³-hybridized carbons (Fsp3) is 0.500. The van der Waals surface area contributed by atoms with Gasteiger partial charge in [0, 0.05) is 25.6 Å². The average Bonchev–Trinajstić information content (AvgIpc) is 3.43. The molecule has 2 N–H and O–H groups in total. The van der Waals surface area contributed by atoms with Gasteiger partial charge in [0.1, 0.15) is 24.1 Å². The van der Waals surface area contributed by atoms with Crippen LogP contribution in [0.3, 0.4) is 0 Å². The molecule has 9 nitrogen and oxygen atoms in total. The molecular weight excluding hydrogens is 434 g/mol. The zero-order valence-corrected chi connectivity index (χ0v) is 18.3. The van der Waals surface area contributed by atoms with Crippen molar-refractivity contribution in [3.8, 4) is 0 Å². The summed E-state index contributed by atoms with van der Waals surface area (Å²) < 4.78 is 12.4. The molecule has 1 spiro atoms. The molecule has 10 heteroatoms. The van der Waals surface area contributed by atoms with Crippen LogP contribution in [0.25, 0.3) is 11.0 Å². The van der Waals surface area contributed by atoms with Crippen molar-refractivity contribution in [3.05, 3.63) is 46.9 Å². The number of aromatic nitrogens is 4.